The van der Waals surface area contributed by atoms with E-state index in [2.05, 4.69) is 18.7 Å². The Hall–Kier alpha value is -0.0800. The number of hydrogen-bond donors (Lipinski definition) is 0. The molecule has 14 heavy (non-hydrogen) atoms. The van der Waals surface area contributed by atoms with Crippen molar-refractivity contribution in [1.82, 2.24) is 4.90 Å². The van der Waals surface area contributed by atoms with Crippen molar-refractivity contribution in [2.75, 3.05) is 26.2 Å². The minimum absolute atomic E-state index is 0.394. The van der Waals surface area contributed by atoms with Crippen LogP contribution >= 0.6 is 0 Å². The molecule has 0 aromatic carbocycles. The molecule has 2 aliphatic rings. The molecular formula is C12H23NO. The van der Waals surface area contributed by atoms with Crippen LogP contribution in [0.5, 0.6) is 0 Å². The molecule has 0 spiro atoms. The van der Waals surface area contributed by atoms with Crippen LogP contribution in [0.2, 0.25) is 0 Å². The van der Waals surface area contributed by atoms with Gasteiger partial charge in [-0.25, -0.2) is 0 Å². The van der Waals surface area contributed by atoms with Gasteiger partial charge in [-0.3, -0.25) is 0 Å². The molecule has 2 fully saturated rings. The summed E-state index contributed by atoms with van der Waals surface area (Å²) in [4.78, 5) is 2.62. The molecule has 2 rings (SSSR count). The van der Waals surface area contributed by atoms with Gasteiger partial charge in [0, 0.05) is 12.0 Å². The van der Waals surface area contributed by atoms with Crippen molar-refractivity contribution in [3.63, 3.8) is 0 Å². The molecule has 1 aliphatic heterocycles. The second kappa shape index (κ2) is 4.19. The second-order valence-electron chi connectivity index (χ2n) is 5.34. The van der Waals surface area contributed by atoms with E-state index < -0.39 is 0 Å². The highest BCUT2D eigenvalue weighted by atomic mass is 16.5. The fourth-order valence-electron chi connectivity index (χ4n) is 2.28. The van der Waals surface area contributed by atoms with Gasteiger partial charge in [0.15, 0.2) is 0 Å². The minimum Gasteiger partial charge on any atom is -0.378 e. The summed E-state index contributed by atoms with van der Waals surface area (Å²) in [5.74, 6) is 0. The molecule has 0 aromatic heterocycles. The molecular weight excluding hydrogens is 174 g/mol. The van der Waals surface area contributed by atoms with Crippen LogP contribution < -0.4 is 0 Å². The van der Waals surface area contributed by atoms with E-state index in [1.54, 1.807) is 0 Å². The standard InChI is InChI=1S/C12H23NO/c1-11(2)14-10-12(5-6-12)9-13-7-3-4-8-13/h11H,3-10H2,1-2H3. The summed E-state index contributed by atoms with van der Waals surface area (Å²) < 4.78 is 5.75. The molecule has 0 N–H and O–H groups in total. The van der Waals surface area contributed by atoms with Crippen LogP contribution in [0.3, 0.4) is 0 Å². The van der Waals surface area contributed by atoms with Crippen molar-refractivity contribution in [3.05, 3.63) is 0 Å². The number of rotatable bonds is 5. The maximum atomic E-state index is 5.75. The quantitative estimate of drug-likeness (QED) is 0.670. The van der Waals surface area contributed by atoms with E-state index in [1.165, 1.54) is 45.3 Å². The molecule has 1 saturated heterocycles. The van der Waals surface area contributed by atoms with Crippen LogP contribution in [0.15, 0.2) is 0 Å². The predicted octanol–water partition coefficient (Wildman–Crippen LogP) is 2.29. The first-order valence-electron chi connectivity index (χ1n) is 6.04. The highest BCUT2D eigenvalue weighted by Crippen LogP contribution is 2.47. The first-order valence-corrected chi connectivity index (χ1v) is 6.04. The lowest BCUT2D eigenvalue weighted by atomic mass is 10.1. The maximum Gasteiger partial charge on any atom is 0.0538 e. The number of nitrogens with zero attached hydrogens (tertiary/aromatic N) is 1. The zero-order chi connectivity index (χ0) is 10.0. The summed E-state index contributed by atoms with van der Waals surface area (Å²) in [6.45, 7) is 9.19. The fraction of sp³-hybridized carbons (Fsp3) is 1.00. The van der Waals surface area contributed by atoms with Crippen molar-refractivity contribution in [3.8, 4) is 0 Å². The highest BCUT2D eigenvalue weighted by molar-refractivity contribution is 4.96. The monoisotopic (exact) mass is 197 g/mol. The lowest BCUT2D eigenvalue weighted by Gasteiger charge is -2.23. The Morgan fingerprint density at radius 3 is 2.36 bits per heavy atom. The van der Waals surface area contributed by atoms with Crippen LogP contribution in [0, 0.1) is 5.41 Å². The van der Waals surface area contributed by atoms with E-state index in [1.807, 2.05) is 0 Å². The molecule has 0 aromatic rings. The van der Waals surface area contributed by atoms with Crippen molar-refractivity contribution >= 4 is 0 Å². The molecule has 2 heteroatoms. The predicted molar refractivity (Wildman–Crippen MR) is 58.4 cm³/mol. The average molecular weight is 197 g/mol. The van der Waals surface area contributed by atoms with Gasteiger partial charge in [-0.15, -0.1) is 0 Å². The van der Waals surface area contributed by atoms with Crippen molar-refractivity contribution < 1.29 is 4.74 Å². The summed E-state index contributed by atoms with van der Waals surface area (Å²) in [5.41, 5.74) is 0.550. The second-order valence-corrected chi connectivity index (χ2v) is 5.34. The maximum absolute atomic E-state index is 5.75. The molecule has 82 valence electrons. The summed E-state index contributed by atoms with van der Waals surface area (Å²) in [6.07, 6.45) is 5.97. The lowest BCUT2D eigenvalue weighted by molar-refractivity contribution is 0.0335. The molecule has 1 aliphatic carbocycles. The normalized spacial score (nSPS) is 25.9. The van der Waals surface area contributed by atoms with Gasteiger partial charge in [0.25, 0.3) is 0 Å². The molecule has 0 amide bonds. The zero-order valence-corrected chi connectivity index (χ0v) is 9.59. The van der Waals surface area contributed by atoms with Gasteiger partial charge in [0.2, 0.25) is 0 Å². The van der Waals surface area contributed by atoms with Crippen LogP contribution in [-0.4, -0.2) is 37.2 Å². The molecule has 0 radical (unpaired) electrons. The van der Waals surface area contributed by atoms with E-state index in [-0.39, 0.29) is 0 Å². The van der Waals surface area contributed by atoms with Crippen molar-refractivity contribution in [2.45, 2.75) is 45.6 Å². The van der Waals surface area contributed by atoms with Crippen molar-refractivity contribution in [1.29, 1.82) is 0 Å². The largest absolute Gasteiger partial charge is 0.378 e. The fourth-order valence-corrected chi connectivity index (χ4v) is 2.28. The average Bonchev–Trinajstić information content (AvgIpc) is 2.70. The molecule has 2 nitrogen and oxygen atoms in total. The minimum atomic E-state index is 0.394. The Bertz CT molecular complexity index is 181. The van der Waals surface area contributed by atoms with Crippen molar-refractivity contribution in [2.24, 2.45) is 5.41 Å². The van der Waals surface area contributed by atoms with Gasteiger partial charge in [-0.1, -0.05) is 0 Å². The van der Waals surface area contributed by atoms with E-state index >= 15 is 0 Å². The smallest absolute Gasteiger partial charge is 0.0538 e. The Morgan fingerprint density at radius 1 is 1.21 bits per heavy atom. The summed E-state index contributed by atoms with van der Waals surface area (Å²) in [7, 11) is 0. The summed E-state index contributed by atoms with van der Waals surface area (Å²) >= 11 is 0. The van der Waals surface area contributed by atoms with Gasteiger partial charge in [0.05, 0.1) is 12.7 Å². The number of hydrogen-bond acceptors (Lipinski definition) is 2. The Kier molecular flexibility index (Phi) is 3.13. The third kappa shape index (κ3) is 2.71. The van der Waals surface area contributed by atoms with E-state index in [0.717, 1.165) is 6.61 Å². The summed E-state index contributed by atoms with van der Waals surface area (Å²) in [5, 5.41) is 0. The third-order valence-electron chi connectivity index (χ3n) is 3.44. The first-order chi connectivity index (χ1) is 6.70. The van der Waals surface area contributed by atoms with E-state index in [4.69, 9.17) is 4.74 Å². The highest BCUT2D eigenvalue weighted by Gasteiger charge is 2.44. The van der Waals surface area contributed by atoms with Gasteiger partial charge >= 0.3 is 0 Å². The van der Waals surface area contributed by atoms with Crippen LogP contribution in [0.4, 0.5) is 0 Å². The van der Waals surface area contributed by atoms with Crippen LogP contribution in [0.25, 0.3) is 0 Å². The molecule has 0 unspecified atom stereocenters. The number of ether oxygens (including phenoxy) is 1. The van der Waals surface area contributed by atoms with Gasteiger partial charge in [-0.05, 0) is 52.6 Å². The van der Waals surface area contributed by atoms with Crippen LogP contribution in [0.1, 0.15) is 39.5 Å². The first kappa shape index (κ1) is 10.4. The summed E-state index contributed by atoms with van der Waals surface area (Å²) in [6, 6.07) is 0. The third-order valence-corrected chi connectivity index (χ3v) is 3.44. The Balaban J connectivity index is 1.72. The molecule has 1 heterocycles. The lowest BCUT2D eigenvalue weighted by Crippen LogP contribution is -2.31. The SMILES string of the molecule is CC(C)OCC1(CN2CCCC2)CC1. The van der Waals surface area contributed by atoms with E-state index in [9.17, 15) is 0 Å². The zero-order valence-electron chi connectivity index (χ0n) is 9.59. The molecule has 0 bridgehead atoms. The molecule has 1 saturated carbocycles. The topological polar surface area (TPSA) is 12.5 Å². The van der Waals surface area contributed by atoms with Gasteiger partial charge < -0.3 is 9.64 Å². The molecule has 0 atom stereocenters. The Morgan fingerprint density at radius 2 is 1.86 bits per heavy atom. The van der Waals surface area contributed by atoms with Gasteiger partial charge in [-0.2, -0.15) is 0 Å². The van der Waals surface area contributed by atoms with Gasteiger partial charge in [0.1, 0.15) is 0 Å². The van der Waals surface area contributed by atoms with Crippen LogP contribution in [-0.2, 0) is 4.74 Å². The number of likely N-dealkylation sites (tertiary alicyclic amines) is 1. The van der Waals surface area contributed by atoms with E-state index in [0.29, 0.717) is 11.5 Å². The Labute approximate surface area is 87.6 Å².